The molecule has 0 aliphatic rings. The summed E-state index contributed by atoms with van der Waals surface area (Å²) < 4.78 is 8.35. The van der Waals surface area contributed by atoms with Gasteiger partial charge >= 0.3 is 0 Å². The molecule has 0 saturated heterocycles. The van der Waals surface area contributed by atoms with Crippen molar-refractivity contribution >= 4 is 38.6 Å². The van der Waals surface area contributed by atoms with Crippen LogP contribution in [-0.2, 0) is 13.0 Å². The van der Waals surface area contributed by atoms with Crippen LogP contribution in [0.5, 0.6) is 0 Å². The average molecular weight is 340 g/mol. The number of hydrogen-bond acceptors (Lipinski definition) is 2. The van der Waals surface area contributed by atoms with Gasteiger partial charge in [0.15, 0.2) is 0 Å². The third-order valence-corrected chi connectivity index (χ3v) is 3.71. The van der Waals surface area contributed by atoms with Gasteiger partial charge in [-0.1, -0.05) is 15.9 Å². The van der Waals surface area contributed by atoms with Gasteiger partial charge in [-0.15, -0.1) is 11.6 Å². The molecule has 0 spiro atoms. The van der Waals surface area contributed by atoms with E-state index in [-0.39, 0.29) is 0 Å². The van der Waals surface area contributed by atoms with E-state index in [1.54, 1.807) is 12.5 Å². The molecule has 0 N–H and O–H groups in total. The summed E-state index contributed by atoms with van der Waals surface area (Å²) in [5.74, 6) is 1.57. The highest BCUT2D eigenvalue weighted by molar-refractivity contribution is 9.10. The van der Waals surface area contributed by atoms with Gasteiger partial charge < -0.3 is 8.98 Å². The van der Waals surface area contributed by atoms with Crippen LogP contribution < -0.4 is 0 Å². The van der Waals surface area contributed by atoms with Crippen molar-refractivity contribution in [1.29, 1.82) is 0 Å². The summed E-state index contributed by atoms with van der Waals surface area (Å²) in [6, 6.07) is 8.10. The van der Waals surface area contributed by atoms with Gasteiger partial charge in [0, 0.05) is 22.3 Å². The van der Waals surface area contributed by atoms with E-state index in [9.17, 15) is 0 Å². The molecule has 0 bridgehead atoms. The fourth-order valence-corrected chi connectivity index (χ4v) is 2.69. The molecule has 2 heterocycles. The first-order valence-corrected chi connectivity index (χ1v) is 7.32. The second-order valence-electron chi connectivity index (χ2n) is 4.32. The number of benzene rings is 1. The molecule has 3 rings (SSSR count). The van der Waals surface area contributed by atoms with E-state index in [0.717, 1.165) is 39.9 Å². The van der Waals surface area contributed by atoms with Crippen molar-refractivity contribution in [2.45, 2.75) is 13.0 Å². The number of alkyl halides is 1. The molecule has 3 aromatic rings. The molecule has 0 aliphatic carbocycles. The molecule has 19 heavy (non-hydrogen) atoms. The monoisotopic (exact) mass is 338 g/mol. The molecule has 2 aromatic heterocycles. The molecule has 0 amide bonds. The average Bonchev–Trinajstić information content (AvgIpc) is 2.99. The maximum atomic E-state index is 5.87. The lowest BCUT2D eigenvalue weighted by atomic mass is 10.3. The lowest BCUT2D eigenvalue weighted by Crippen LogP contribution is -2.05. The summed E-state index contributed by atoms with van der Waals surface area (Å²) in [5, 5.41) is 0. The predicted octanol–water partition coefficient (Wildman–Crippen LogP) is 4.22. The number of aryl methyl sites for hydroxylation is 1. The van der Waals surface area contributed by atoms with Crippen LogP contribution in [0.25, 0.3) is 11.0 Å². The van der Waals surface area contributed by atoms with Gasteiger partial charge in [-0.2, -0.15) is 0 Å². The van der Waals surface area contributed by atoms with Crippen LogP contribution >= 0.6 is 27.5 Å². The van der Waals surface area contributed by atoms with Crippen molar-refractivity contribution < 1.29 is 4.42 Å². The Morgan fingerprint density at radius 1 is 1.32 bits per heavy atom. The van der Waals surface area contributed by atoms with Crippen molar-refractivity contribution in [2.24, 2.45) is 0 Å². The third kappa shape index (κ3) is 2.55. The first-order valence-electron chi connectivity index (χ1n) is 5.99. The Balaban J connectivity index is 2.10. The van der Waals surface area contributed by atoms with Crippen LogP contribution in [-0.4, -0.2) is 15.4 Å². The second-order valence-corrected chi connectivity index (χ2v) is 5.61. The highest BCUT2D eigenvalue weighted by atomic mass is 79.9. The number of nitrogens with zero attached hydrogens (tertiary/aromatic N) is 2. The number of fused-ring (bicyclic) bond motifs is 1. The predicted molar refractivity (Wildman–Crippen MR) is 79.7 cm³/mol. The largest absolute Gasteiger partial charge is 0.472 e. The number of furan rings is 1. The van der Waals surface area contributed by atoms with Crippen LogP contribution in [0.15, 0.2) is 45.7 Å². The molecular weight excluding hydrogens is 328 g/mol. The van der Waals surface area contributed by atoms with Crippen LogP contribution in [0.3, 0.4) is 0 Å². The molecular formula is C14H12BrClN2O. The Kier molecular flexibility index (Phi) is 3.62. The number of imidazole rings is 1. The fourth-order valence-electron chi connectivity index (χ4n) is 2.17. The molecule has 0 fully saturated rings. The summed E-state index contributed by atoms with van der Waals surface area (Å²) >= 11 is 9.34. The van der Waals surface area contributed by atoms with Crippen molar-refractivity contribution in [2.75, 3.05) is 5.88 Å². The fraction of sp³-hybridized carbons (Fsp3) is 0.214. The molecule has 0 unspecified atom stereocenters. The van der Waals surface area contributed by atoms with Gasteiger partial charge in [-0.25, -0.2) is 4.98 Å². The zero-order valence-electron chi connectivity index (χ0n) is 10.1. The van der Waals surface area contributed by atoms with E-state index >= 15 is 0 Å². The lowest BCUT2D eigenvalue weighted by molar-refractivity contribution is 0.562. The summed E-state index contributed by atoms with van der Waals surface area (Å²) in [6.07, 6.45) is 4.20. The summed E-state index contributed by atoms with van der Waals surface area (Å²) in [7, 11) is 0. The van der Waals surface area contributed by atoms with Gasteiger partial charge in [-0.05, 0) is 24.3 Å². The Labute approximate surface area is 124 Å². The number of aromatic nitrogens is 2. The molecule has 0 aliphatic heterocycles. The smallest absolute Gasteiger partial charge is 0.111 e. The SMILES string of the molecule is ClCCc1nc2cc(Br)ccc2n1Cc1ccoc1. The number of rotatable bonds is 4. The van der Waals surface area contributed by atoms with E-state index in [1.807, 2.05) is 18.2 Å². The minimum atomic E-state index is 0.565. The topological polar surface area (TPSA) is 31.0 Å². The Morgan fingerprint density at radius 3 is 2.95 bits per heavy atom. The van der Waals surface area contributed by atoms with Gasteiger partial charge in [0.1, 0.15) is 5.82 Å². The Morgan fingerprint density at radius 2 is 2.21 bits per heavy atom. The van der Waals surface area contributed by atoms with Crippen LogP contribution in [0.1, 0.15) is 11.4 Å². The van der Waals surface area contributed by atoms with Gasteiger partial charge in [0.2, 0.25) is 0 Å². The van der Waals surface area contributed by atoms with E-state index in [2.05, 4.69) is 31.5 Å². The first-order chi connectivity index (χ1) is 9.28. The summed E-state index contributed by atoms with van der Waals surface area (Å²) in [5.41, 5.74) is 3.22. The van der Waals surface area contributed by atoms with Crippen LogP contribution in [0.4, 0.5) is 0 Å². The second kappa shape index (κ2) is 5.39. The van der Waals surface area contributed by atoms with Gasteiger partial charge in [-0.3, -0.25) is 0 Å². The minimum Gasteiger partial charge on any atom is -0.472 e. The lowest BCUT2D eigenvalue weighted by Gasteiger charge is -2.06. The zero-order chi connectivity index (χ0) is 13.2. The highest BCUT2D eigenvalue weighted by Gasteiger charge is 2.11. The number of halogens is 2. The molecule has 0 saturated carbocycles. The van der Waals surface area contributed by atoms with Crippen molar-refractivity contribution in [3.63, 3.8) is 0 Å². The molecule has 3 nitrogen and oxygen atoms in total. The van der Waals surface area contributed by atoms with E-state index in [4.69, 9.17) is 16.0 Å². The maximum Gasteiger partial charge on any atom is 0.111 e. The van der Waals surface area contributed by atoms with Crippen molar-refractivity contribution in [3.05, 3.63) is 52.7 Å². The molecule has 5 heteroatoms. The summed E-state index contributed by atoms with van der Waals surface area (Å²) in [6.45, 7) is 0.751. The third-order valence-electron chi connectivity index (χ3n) is 3.03. The van der Waals surface area contributed by atoms with Crippen molar-refractivity contribution in [3.8, 4) is 0 Å². The normalized spacial score (nSPS) is 11.3. The van der Waals surface area contributed by atoms with Crippen LogP contribution in [0, 0.1) is 0 Å². The van der Waals surface area contributed by atoms with E-state index in [0.29, 0.717) is 5.88 Å². The van der Waals surface area contributed by atoms with E-state index in [1.165, 1.54) is 0 Å². The molecule has 0 radical (unpaired) electrons. The van der Waals surface area contributed by atoms with E-state index < -0.39 is 0 Å². The first kappa shape index (κ1) is 12.8. The zero-order valence-corrected chi connectivity index (χ0v) is 12.5. The highest BCUT2D eigenvalue weighted by Crippen LogP contribution is 2.22. The van der Waals surface area contributed by atoms with Gasteiger partial charge in [0.05, 0.1) is 30.1 Å². The maximum absolute atomic E-state index is 5.87. The molecule has 98 valence electrons. The van der Waals surface area contributed by atoms with Crippen LogP contribution in [0.2, 0.25) is 0 Å². The Bertz CT molecular complexity index is 691. The molecule has 1 aromatic carbocycles. The van der Waals surface area contributed by atoms with Gasteiger partial charge in [0.25, 0.3) is 0 Å². The summed E-state index contributed by atoms with van der Waals surface area (Å²) in [4.78, 5) is 4.66. The standard InChI is InChI=1S/C14H12BrClN2O/c15-11-1-2-13-12(7-11)17-14(3-5-16)18(13)8-10-4-6-19-9-10/h1-2,4,6-7,9H,3,5,8H2. The van der Waals surface area contributed by atoms with Crippen molar-refractivity contribution in [1.82, 2.24) is 9.55 Å². The molecule has 0 atom stereocenters. The minimum absolute atomic E-state index is 0.565. The quantitative estimate of drug-likeness (QED) is 0.666. The number of hydrogen-bond donors (Lipinski definition) is 0. The Hall–Kier alpha value is -1.26.